The van der Waals surface area contributed by atoms with Crippen LogP contribution in [0.4, 0.5) is 17.1 Å². The highest BCUT2D eigenvalue weighted by Crippen LogP contribution is 2.62. The maximum Gasteiger partial charge on any atom is 0.0719 e. The summed E-state index contributed by atoms with van der Waals surface area (Å²) in [6.07, 6.45) is 9.10. The largest absolute Gasteiger partial charge is 0.311 e. The second-order valence-corrected chi connectivity index (χ2v) is 19.9. The zero-order valence-corrected chi connectivity index (χ0v) is 37.8. The van der Waals surface area contributed by atoms with E-state index in [0.29, 0.717) is 11.2 Å². The van der Waals surface area contributed by atoms with Gasteiger partial charge in [0.15, 0.2) is 0 Å². The number of hydrogen-bond acceptors (Lipinski definition) is 2. The van der Waals surface area contributed by atoms with Gasteiger partial charge in [0.2, 0.25) is 0 Å². The number of fused-ring (bicyclic) bond motifs is 12. The van der Waals surface area contributed by atoms with Crippen LogP contribution in [0, 0.1) is 0 Å². The summed E-state index contributed by atoms with van der Waals surface area (Å²) >= 11 is 2.00. The van der Waals surface area contributed by atoms with Crippen LogP contribution in [-0.4, -0.2) is 5.25 Å². The van der Waals surface area contributed by atoms with Crippen LogP contribution in [0.25, 0.3) is 44.5 Å². The summed E-state index contributed by atoms with van der Waals surface area (Å²) in [6, 6.07) is 79.5. The maximum absolute atomic E-state index is 2.45. The highest BCUT2D eigenvalue weighted by molar-refractivity contribution is 8.00. The zero-order chi connectivity index (χ0) is 44.0. The van der Waals surface area contributed by atoms with Crippen LogP contribution in [0.15, 0.2) is 242 Å². The number of benzene rings is 9. The molecular formula is C64H47NS. The van der Waals surface area contributed by atoms with Gasteiger partial charge >= 0.3 is 0 Å². The lowest BCUT2D eigenvalue weighted by Crippen LogP contribution is -2.40. The van der Waals surface area contributed by atoms with Gasteiger partial charge in [-0.2, -0.15) is 0 Å². The van der Waals surface area contributed by atoms with Crippen molar-refractivity contribution in [1.29, 1.82) is 0 Å². The third-order valence-electron chi connectivity index (χ3n) is 14.9. The van der Waals surface area contributed by atoms with Crippen molar-refractivity contribution in [2.75, 3.05) is 4.90 Å². The van der Waals surface area contributed by atoms with Crippen molar-refractivity contribution in [3.63, 3.8) is 0 Å². The quantitative estimate of drug-likeness (QED) is 0.164. The van der Waals surface area contributed by atoms with Crippen molar-refractivity contribution in [2.45, 2.75) is 40.7 Å². The summed E-state index contributed by atoms with van der Waals surface area (Å²) in [7, 11) is 0. The molecule has 1 heterocycles. The van der Waals surface area contributed by atoms with Crippen LogP contribution in [-0.2, 0) is 10.8 Å². The maximum atomic E-state index is 2.45. The summed E-state index contributed by atoms with van der Waals surface area (Å²) in [4.78, 5) is 3.79. The molecule has 0 N–H and O–H groups in total. The van der Waals surface area contributed by atoms with E-state index in [1.807, 2.05) is 11.8 Å². The topological polar surface area (TPSA) is 3.24 Å². The Balaban J connectivity index is 0.892. The lowest BCUT2D eigenvalue weighted by Gasteiger charge is -2.46. The van der Waals surface area contributed by atoms with Crippen LogP contribution in [0.1, 0.15) is 58.7 Å². The van der Waals surface area contributed by atoms with Crippen LogP contribution >= 0.6 is 11.8 Å². The van der Waals surface area contributed by atoms with E-state index in [1.54, 1.807) is 0 Å². The van der Waals surface area contributed by atoms with Crippen molar-refractivity contribution >= 4 is 28.8 Å². The van der Waals surface area contributed by atoms with Crippen molar-refractivity contribution in [3.05, 3.63) is 276 Å². The standard InChI is InChI=1S/C64H47NS/c1-63(2)57-22-9-11-24-59(57)64(60-25-12-10-23-58(60)63)55-21-8-6-17-51(55)54-41-46(33-40-56(54)64)44-29-36-48(37-30-44)65(47-34-27-43(28-35-47)42-15-4-3-5-16-42)49-38-31-45(32-39-49)50-19-14-20-53-52-18-7-13-26-61(52)66-62(50)53/h3-41,52,61H,1-2H3. The van der Waals surface area contributed by atoms with E-state index in [9.17, 15) is 0 Å². The van der Waals surface area contributed by atoms with E-state index in [2.05, 4.69) is 255 Å². The number of hydrogen-bond donors (Lipinski definition) is 0. The van der Waals surface area contributed by atoms with Gasteiger partial charge < -0.3 is 4.90 Å². The van der Waals surface area contributed by atoms with Crippen molar-refractivity contribution in [2.24, 2.45) is 0 Å². The Morgan fingerprint density at radius 1 is 0.379 bits per heavy atom. The molecule has 2 atom stereocenters. The van der Waals surface area contributed by atoms with Crippen LogP contribution < -0.4 is 4.90 Å². The summed E-state index contributed by atoms with van der Waals surface area (Å²) in [5.74, 6) is 0.440. The third kappa shape index (κ3) is 5.81. The summed E-state index contributed by atoms with van der Waals surface area (Å²) < 4.78 is 0. The fourth-order valence-corrected chi connectivity index (χ4v) is 13.3. The molecule has 1 nitrogen and oxygen atoms in total. The average molecular weight is 862 g/mol. The fourth-order valence-electron chi connectivity index (χ4n) is 11.8. The second-order valence-electron chi connectivity index (χ2n) is 18.7. The van der Waals surface area contributed by atoms with E-state index in [1.165, 1.54) is 88.3 Å². The smallest absolute Gasteiger partial charge is 0.0719 e. The molecule has 0 aromatic heterocycles. The first-order valence-electron chi connectivity index (χ1n) is 23.2. The Kier molecular flexibility index (Phi) is 8.92. The first-order valence-corrected chi connectivity index (χ1v) is 24.1. The average Bonchev–Trinajstić information content (AvgIpc) is 3.91. The molecule has 0 bridgehead atoms. The molecule has 3 aliphatic carbocycles. The van der Waals surface area contributed by atoms with Gasteiger partial charge in [0.1, 0.15) is 0 Å². The summed E-state index contributed by atoms with van der Waals surface area (Å²) in [6.45, 7) is 4.77. The molecule has 2 heteroatoms. The summed E-state index contributed by atoms with van der Waals surface area (Å²) in [5.41, 5.74) is 22.6. The molecule has 0 saturated heterocycles. The second kappa shape index (κ2) is 15.1. The van der Waals surface area contributed by atoms with Crippen LogP contribution in [0.3, 0.4) is 0 Å². The van der Waals surface area contributed by atoms with Gasteiger partial charge in [-0.05, 0) is 126 Å². The molecule has 1 aliphatic heterocycles. The van der Waals surface area contributed by atoms with Crippen molar-refractivity contribution < 1.29 is 0 Å². The lowest BCUT2D eigenvalue weighted by atomic mass is 9.55. The number of thioether (sulfide) groups is 1. The van der Waals surface area contributed by atoms with Crippen molar-refractivity contribution in [1.82, 2.24) is 0 Å². The van der Waals surface area contributed by atoms with Gasteiger partial charge in [0, 0.05) is 38.5 Å². The Morgan fingerprint density at radius 2 is 0.864 bits per heavy atom. The SMILES string of the molecule is CC1(C)c2ccccc2C2(c3ccccc3-c3cc(-c4ccc(N(c5ccc(-c6ccccc6)cc5)c5ccc(-c6cccc7c6SC6C=CC=CC76)cc5)cc4)ccc32)c2ccccc21. The minimum Gasteiger partial charge on any atom is -0.311 e. The predicted molar refractivity (Wildman–Crippen MR) is 278 cm³/mol. The molecule has 1 spiro atoms. The first kappa shape index (κ1) is 39.0. The minimum absolute atomic E-state index is 0.118. The van der Waals surface area contributed by atoms with Gasteiger partial charge in [0.25, 0.3) is 0 Å². The molecule has 0 saturated carbocycles. The molecule has 13 rings (SSSR count). The summed E-state index contributed by atoms with van der Waals surface area (Å²) in [5, 5.41) is 0.464. The van der Waals surface area contributed by atoms with E-state index < -0.39 is 5.41 Å². The van der Waals surface area contributed by atoms with Crippen molar-refractivity contribution in [3.8, 4) is 44.5 Å². The van der Waals surface area contributed by atoms with Gasteiger partial charge in [-0.25, -0.2) is 0 Å². The molecule has 0 radical (unpaired) electrons. The highest BCUT2D eigenvalue weighted by Gasteiger charge is 2.53. The van der Waals surface area contributed by atoms with Gasteiger partial charge in [-0.15, -0.1) is 11.8 Å². The van der Waals surface area contributed by atoms with Crippen LogP contribution in [0.5, 0.6) is 0 Å². The third-order valence-corrected chi connectivity index (χ3v) is 16.3. The Bertz CT molecular complexity index is 3360. The first-order chi connectivity index (χ1) is 32.5. The molecule has 9 aromatic carbocycles. The van der Waals surface area contributed by atoms with E-state index in [4.69, 9.17) is 0 Å². The highest BCUT2D eigenvalue weighted by atomic mass is 32.2. The molecule has 66 heavy (non-hydrogen) atoms. The monoisotopic (exact) mass is 861 g/mol. The van der Waals surface area contributed by atoms with E-state index in [-0.39, 0.29) is 5.41 Å². The number of allylic oxidation sites excluding steroid dienone is 3. The lowest BCUT2D eigenvalue weighted by molar-refractivity contribution is 0.563. The molecular weight excluding hydrogens is 815 g/mol. The zero-order valence-electron chi connectivity index (χ0n) is 37.0. The van der Waals surface area contributed by atoms with E-state index >= 15 is 0 Å². The molecule has 314 valence electrons. The molecule has 9 aromatic rings. The number of rotatable bonds is 6. The normalized spacial score (nSPS) is 17.3. The molecule has 0 amide bonds. The van der Waals surface area contributed by atoms with E-state index in [0.717, 1.165) is 17.1 Å². The van der Waals surface area contributed by atoms with Gasteiger partial charge in [-0.1, -0.05) is 208 Å². The Hall–Kier alpha value is -7.39. The van der Waals surface area contributed by atoms with Gasteiger partial charge in [-0.3, -0.25) is 0 Å². The molecule has 0 fully saturated rings. The Labute approximate surface area is 392 Å². The molecule has 4 aliphatic rings. The number of nitrogens with zero attached hydrogens (tertiary/aromatic N) is 1. The van der Waals surface area contributed by atoms with Gasteiger partial charge in [0.05, 0.1) is 5.41 Å². The fraction of sp³-hybridized carbons (Fsp3) is 0.0938. The minimum atomic E-state index is -0.393. The number of anilines is 3. The predicted octanol–water partition coefficient (Wildman–Crippen LogP) is 16.8. The van der Waals surface area contributed by atoms with Crippen LogP contribution in [0.2, 0.25) is 0 Å². The Morgan fingerprint density at radius 3 is 1.52 bits per heavy atom. The molecule has 2 unspecified atom stereocenters.